The second-order valence-electron chi connectivity index (χ2n) is 4.35. The van der Waals surface area contributed by atoms with Gasteiger partial charge in [-0.15, -0.1) is 11.8 Å². The van der Waals surface area contributed by atoms with Crippen LogP contribution in [0.3, 0.4) is 0 Å². The predicted octanol–water partition coefficient (Wildman–Crippen LogP) is 4.28. The Morgan fingerprint density at radius 1 is 1.05 bits per heavy atom. The topological polar surface area (TPSA) is 26.0 Å². The normalized spacial score (nSPS) is 12.4. The molecule has 0 aliphatic heterocycles. The maximum Gasteiger partial charge on any atom is 0.130 e. The summed E-state index contributed by atoms with van der Waals surface area (Å²) >= 11 is 1.40. The summed E-state index contributed by atoms with van der Waals surface area (Å²) in [4.78, 5) is 0.965. The standard InChI is InChI=1S/C15H15F2NS/c1-10(18)11-5-7-12(8-6-11)19-9-13-14(16)3-2-4-15(13)17/h2-8,10H,9,18H2,1H3. The lowest BCUT2D eigenvalue weighted by atomic mass is 10.1. The molecule has 0 bridgehead atoms. The predicted molar refractivity (Wildman–Crippen MR) is 75.0 cm³/mol. The number of halogens is 2. The third-order valence-corrected chi connectivity index (χ3v) is 3.89. The zero-order valence-corrected chi connectivity index (χ0v) is 11.4. The van der Waals surface area contributed by atoms with Gasteiger partial charge in [-0.05, 0) is 36.8 Å². The van der Waals surface area contributed by atoms with E-state index in [2.05, 4.69) is 0 Å². The zero-order valence-electron chi connectivity index (χ0n) is 10.6. The number of thioether (sulfide) groups is 1. The van der Waals surface area contributed by atoms with E-state index in [9.17, 15) is 8.78 Å². The van der Waals surface area contributed by atoms with Gasteiger partial charge in [-0.3, -0.25) is 0 Å². The van der Waals surface area contributed by atoms with Crippen LogP contribution < -0.4 is 5.73 Å². The van der Waals surface area contributed by atoms with Crippen molar-refractivity contribution in [3.63, 3.8) is 0 Å². The van der Waals surface area contributed by atoms with E-state index < -0.39 is 11.6 Å². The Hall–Kier alpha value is -1.39. The summed E-state index contributed by atoms with van der Waals surface area (Å²) in [5, 5.41) is 0. The van der Waals surface area contributed by atoms with Gasteiger partial charge >= 0.3 is 0 Å². The Balaban J connectivity index is 2.06. The van der Waals surface area contributed by atoms with Gasteiger partial charge in [-0.25, -0.2) is 8.78 Å². The molecule has 0 aliphatic carbocycles. The van der Waals surface area contributed by atoms with Crippen molar-refractivity contribution < 1.29 is 8.78 Å². The molecule has 0 radical (unpaired) electrons. The molecule has 0 aromatic heterocycles. The summed E-state index contributed by atoms with van der Waals surface area (Å²) in [7, 11) is 0. The summed E-state index contributed by atoms with van der Waals surface area (Å²) in [6.45, 7) is 1.91. The first kappa shape index (κ1) is 14.0. The number of hydrogen-bond donors (Lipinski definition) is 1. The molecule has 0 spiro atoms. The highest BCUT2D eigenvalue weighted by Crippen LogP contribution is 2.26. The van der Waals surface area contributed by atoms with Gasteiger partial charge in [0.2, 0.25) is 0 Å². The van der Waals surface area contributed by atoms with Crippen LogP contribution in [0, 0.1) is 11.6 Å². The van der Waals surface area contributed by atoms with Crippen molar-refractivity contribution in [1.82, 2.24) is 0 Å². The molecule has 1 unspecified atom stereocenters. The number of hydrogen-bond acceptors (Lipinski definition) is 2. The minimum absolute atomic E-state index is 0.0111. The first-order chi connectivity index (χ1) is 9.08. The van der Waals surface area contributed by atoms with Crippen molar-refractivity contribution in [1.29, 1.82) is 0 Å². The van der Waals surface area contributed by atoms with Crippen LogP contribution in [0.1, 0.15) is 24.1 Å². The van der Waals surface area contributed by atoms with Crippen LogP contribution in [-0.2, 0) is 5.75 Å². The van der Waals surface area contributed by atoms with Crippen molar-refractivity contribution in [2.24, 2.45) is 5.73 Å². The molecule has 0 fully saturated rings. The van der Waals surface area contributed by atoms with Crippen LogP contribution in [0.4, 0.5) is 8.78 Å². The molecule has 2 aromatic rings. The molecule has 0 heterocycles. The molecule has 1 nitrogen and oxygen atoms in total. The van der Waals surface area contributed by atoms with E-state index >= 15 is 0 Å². The molecule has 0 saturated heterocycles. The van der Waals surface area contributed by atoms with Crippen molar-refractivity contribution in [3.8, 4) is 0 Å². The van der Waals surface area contributed by atoms with Gasteiger partial charge in [0.25, 0.3) is 0 Å². The lowest BCUT2D eigenvalue weighted by Gasteiger charge is -2.08. The van der Waals surface area contributed by atoms with Crippen molar-refractivity contribution in [2.75, 3.05) is 0 Å². The van der Waals surface area contributed by atoms with Crippen LogP contribution in [0.15, 0.2) is 47.4 Å². The summed E-state index contributed by atoms with van der Waals surface area (Å²) in [5.74, 6) is -0.727. The molecule has 2 aromatic carbocycles. The van der Waals surface area contributed by atoms with E-state index in [1.807, 2.05) is 31.2 Å². The van der Waals surface area contributed by atoms with E-state index in [1.165, 1.54) is 30.0 Å². The Morgan fingerprint density at radius 3 is 2.16 bits per heavy atom. The van der Waals surface area contributed by atoms with E-state index in [1.54, 1.807) is 0 Å². The highest BCUT2D eigenvalue weighted by molar-refractivity contribution is 7.98. The Labute approximate surface area is 115 Å². The van der Waals surface area contributed by atoms with Crippen LogP contribution in [0.2, 0.25) is 0 Å². The molecule has 1 atom stereocenters. The molecule has 0 saturated carbocycles. The maximum atomic E-state index is 13.5. The van der Waals surface area contributed by atoms with Crippen molar-refractivity contribution in [3.05, 3.63) is 65.2 Å². The zero-order chi connectivity index (χ0) is 13.8. The quantitative estimate of drug-likeness (QED) is 0.845. The lowest BCUT2D eigenvalue weighted by Crippen LogP contribution is -2.04. The fourth-order valence-corrected chi connectivity index (χ4v) is 2.61. The minimum atomic E-state index is -0.500. The summed E-state index contributed by atoms with van der Waals surface area (Å²) in [6, 6.07) is 11.6. The summed E-state index contributed by atoms with van der Waals surface area (Å²) < 4.78 is 26.9. The maximum absolute atomic E-state index is 13.5. The second-order valence-corrected chi connectivity index (χ2v) is 5.40. The second kappa shape index (κ2) is 6.17. The third-order valence-electron chi connectivity index (χ3n) is 2.85. The molecule has 0 amide bonds. The molecule has 2 N–H and O–H groups in total. The first-order valence-electron chi connectivity index (χ1n) is 5.99. The van der Waals surface area contributed by atoms with E-state index in [-0.39, 0.29) is 17.4 Å². The van der Waals surface area contributed by atoms with Crippen LogP contribution in [-0.4, -0.2) is 0 Å². The van der Waals surface area contributed by atoms with E-state index in [4.69, 9.17) is 5.73 Å². The van der Waals surface area contributed by atoms with Gasteiger partial charge in [0, 0.05) is 22.3 Å². The lowest BCUT2D eigenvalue weighted by molar-refractivity contribution is 0.566. The van der Waals surface area contributed by atoms with Crippen LogP contribution >= 0.6 is 11.8 Å². The third kappa shape index (κ3) is 3.55. The van der Waals surface area contributed by atoms with Crippen LogP contribution in [0.5, 0.6) is 0 Å². The van der Waals surface area contributed by atoms with Gasteiger partial charge in [0.15, 0.2) is 0 Å². The summed E-state index contributed by atoms with van der Waals surface area (Å²) in [6.07, 6.45) is 0. The average Bonchev–Trinajstić information content (AvgIpc) is 2.38. The molecule has 2 rings (SSSR count). The van der Waals surface area contributed by atoms with Gasteiger partial charge in [-0.2, -0.15) is 0 Å². The fourth-order valence-electron chi connectivity index (χ4n) is 1.69. The molecule has 4 heteroatoms. The number of benzene rings is 2. The molecular weight excluding hydrogens is 264 g/mol. The largest absolute Gasteiger partial charge is 0.324 e. The fraction of sp³-hybridized carbons (Fsp3) is 0.200. The Bertz CT molecular complexity index is 532. The van der Waals surface area contributed by atoms with Crippen molar-refractivity contribution in [2.45, 2.75) is 23.6 Å². The Kier molecular flexibility index (Phi) is 4.56. The molecule has 19 heavy (non-hydrogen) atoms. The van der Waals surface area contributed by atoms with Crippen molar-refractivity contribution >= 4 is 11.8 Å². The first-order valence-corrected chi connectivity index (χ1v) is 6.97. The van der Waals surface area contributed by atoms with Gasteiger partial charge in [0.1, 0.15) is 11.6 Å². The van der Waals surface area contributed by atoms with Gasteiger partial charge in [-0.1, -0.05) is 18.2 Å². The Morgan fingerprint density at radius 2 is 1.63 bits per heavy atom. The SMILES string of the molecule is CC(N)c1ccc(SCc2c(F)cccc2F)cc1. The highest BCUT2D eigenvalue weighted by atomic mass is 32.2. The van der Waals surface area contributed by atoms with E-state index in [0.29, 0.717) is 0 Å². The van der Waals surface area contributed by atoms with Crippen LogP contribution in [0.25, 0.3) is 0 Å². The average molecular weight is 279 g/mol. The molecule has 0 aliphatic rings. The smallest absolute Gasteiger partial charge is 0.130 e. The number of nitrogens with two attached hydrogens (primary N) is 1. The molecular formula is C15H15F2NS. The highest BCUT2D eigenvalue weighted by Gasteiger charge is 2.08. The number of rotatable bonds is 4. The van der Waals surface area contributed by atoms with E-state index in [0.717, 1.165) is 10.5 Å². The van der Waals surface area contributed by atoms with Gasteiger partial charge in [0.05, 0.1) is 0 Å². The monoisotopic (exact) mass is 279 g/mol. The summed E-state index contributed by atoms with van der Waals surface area (Å²) in [5.41, 5.74) is 6.92. The molecule has 100 valence electrons. The minimum Gasteiger partial charge on any atom is -0.324 e. The van der Waals surface area contributed by atoms with Gasteiger partial charge < -0.3 is 5.73 Å².